The molecule has 0 aliphatic heterocycles. The summed E-state index contributed by atoms with van der Waals surface area (Å²) in [5.74, 6) is -0.472. The molecular weight excluding hydrogens is 483 g/mol. The SMILES string of the molecule is CC(C)(C)c1ccc(-c2cc(C(=O)NNC(=O)Nc3ccc(Cl)c(Cl)c3)c3ccccc3n2)cc1. The molecule has 8 heteroatoms. The summed E-state index contributed by atoms with van der Waals surface area (Å²) in [5, 5.41) is 3.94. The third kappa shape index (κ3) is 5.73. The van der Waals surface area contributed by atoms with Crippen molar-refractivity contribution in [3.8, 4) is 11.3 Å². The number of carbonyl (C=O) groups excluding carboxylic acids is 2. The number of benzene rings is 3. The van der Waals surface area contributed by atoms with Crippen LogP contribution in [0.15, 0.2) is 72.8 Å². The summed E-state index contributed by atoms with van der Waals surface area (Å²) in [5.41, 5.74) is 9.11. The van der Waals surface area contributed by atoms with E-state index in [1.54, 1.807) is 18.2 Å². The van der Waals surface area contributed by atoms with Gasteiger partial charge in [0.2, 0.25) is 0 Å². The highest BCUT2D eigenvalue weighted by molar-refractivity contribution is 6.42. The molecule has 0 unspecified atom stereocenters. The van der Waals surface area contributed by atoms with Crippen LogP contribution in [0, 0.1) is 0 Å². The van der Waals surface area contributed by atoms with Crippen LogP contribution in [0.1, 0.15) is 36.7 Å². The van der Waals surface area contributed by atoms with Crippen LogP contribution in [-0.2, 0) is 5.41 Å². The first-order valence-electron chi connectivity index (χ1n) is 10.9. The molecule has 1 heterocycles. The quantitative estimate of drug-likeness (QED) is 0.262. The third-order valence-corrected chi connectivity index (χ3v) is 6.21. The van der Waals surface area contributed by atoms with E-state index < -0.39 is 11.9 Å². The van der Waals surface area contributed by atoms with Gasteiger partial charge in [0.05, 0.1) is 26.8 Å². The van der Waals surface area contributed by atoms with Crippen molar-refractivity contribution in [2.45, 2.75) is 26.2 Å². The van der Waals surface area contributed by atoms with Crippen LogP contribution in [-0.4, -0.2) is 16.9 Å². The Hall–Kier alpha value is -3.61. The number of anilines is 1. The first-order chi connectivity index (χ1) is 16.6. The Morgan fingerprint density at radius 2 is 1.54 bits per heavy atom. The van der Waals surface area contributed by atoms with Gasteiger partial charge in [0.15, 0.2) is 0 Å². The molecule has 0 fully saturated rings. The minimum Gasteiger partial charge on any atom is -0.307 e. The smallest absolute Gasteiger partial charge is 0.307 e. The molecule has 0 bridgehead atoms. The number of carbonyl (C=O) groups is 2. The fourth-order valence-corrected chi connectivity index (χ4v) is 3.87. The van der Waals surface area contributed by atoms with E-state index in [-0.39, 0.29) is 5.41 Å². The third-order valence-electron chi connectivity index (χ3n) is 5.47. The normalized spacial score (nSPS) is 11.2. The van der Waals surface area contributed by atoms with E-state index in [4.69, 9.17) is 28.2 Å². The number of hydrogen-bond donors (Lipinski definition) is 3. The molecule has 3 amide bonds. The zero-order valence-corrected chi connectivity index (χ0v) is 21.0. The fraction of sp³-hybridized carbons (Fsp3) is 0.148. The molecule has 35 heavy (non-hydrogen) atoms. The molecule has 4 aromatic rings. The van der Waals surface area contributed by atoms with Gasteiger partial charge in [-0.25, -0.2) is 15.2 Å². The summed E-state index contributed by atoms with van der Waals surface area (Å²) >= 11 is 11.9. The lowest BCUT2D eigenvalue weighted by Crippen LogP contribution is -2.44. The van der Waals surface area contributed by atoms with E-state index in [9.17, 15) is 9.59 Å². The van der Waals surface area contributed by atoms with Crippen LogP contribution in [0.25, 0.3) is 22.2 Å². The van der Waals surface area contributed by atoms with Crippen LogP contribution in [0.3, 0.4) is 0 Å². The van der Waals surface area contributed by atoms with Gasteiger partial charge < -0.3 is 5.32 Å². The van der Waals surface area contributed by atoms with Crippen LogP contribution in [0.2, 0.25) is 10.0 Å². The van der Waals surface area contributed by atoms with E-state index in [2.05, 4.69) is 49.1 Å². The predicted molar refractivity (Wildman–Crippen MR) is 142 cm³/mol. The molecule has 6 nitrogen and oxygen atoms in total. The number of hydrogen-bond acceptors (Lipinski definition) is 3. The molecule has 3 aromatic carbocycles. The predicted octanol–water partition coefficient (Wildman–Crippen LogP) is 6.97. The standard InChI is InChI=1S/C27H24Cl2N4O2/c1-27(2,3)17-10-8-16(9-11-17)24-15-20(19-6-4-5-7-23(19)31-24)25(34)32-33-26(35)30-18-12-13-21(28)22(29)14-18/h4-15H,1-3H3,(H,32,34)(H2,30,33,35). The molecule has 0 aliphatic rings. The highest BCUT2D eigenvalue weighted by Gasteiger charge is 2.17. The Morgan fingerprint density at radius 1 is 0.829 bits per heavy atom. The van der Waals surface area contributed by atoms with Crippen LogP contribution in [0.5, 0.6) is 0 Å². The Morgan fingerprint density at radius 3 is 2.23 bits per heavy atom. The number of aromatic nitrogens is 1. The van der Waals surface area contributed by atoms with E-state index in [1.807, 2.05) is 36.4 Å². The largest absolute Gasteiger partial charge is 0.337 e. The number of nitrogens with zero attached hydrogens (tertiary/aromatic N) is 1. The van der Waals surface area contributed by atoms with Gasteiger partial charge in [-0.2, -0.15) is 0 Å². The molecule has 0 radical (unpaired) electrons. The van der Waals surface area contributed by atoms with Gasteiger partial charge in [-0.1, -0.05) is 86.4 Å². The lowest BCUT2D eigenvalue weighted by molar-refractivity contribution is 0.0939. The van der Waals surface area contributed by atoms with Gasteiger partial charge in [0, 0.05) is 16.6 Å². The second-order valence-electron chi connectivity index (χ2n) is 9.06. The first-order valence-corrected chi connectivity index (χ1v) is 11.7. The summed E-state index contributed by atoms with van der Waals surface area (Å²) in [7, 11) is 0. The summed E-state index contributed by atoms with van der Waals surface area (Å²) < 4.78 is 0. The number of hydrazine groups is 1. The molecule has 4 rings (SSSR count). The van der Waals surface area contributed by atoms with Crippen LogP contribution in [0.4, 0.5) is 10.5 Å². The van der Waals surface area contributed by atoms with E-state index in [0.29, 0.717) is 37.9 Å². The molecule has 0 atom stereocenters. The number of pyridine rings is 1. The molecule has 178 valence electrons. The summed E-state index contributed by atoms with van der Waals surface area (Å²) in [6.45, 7) is 6.47. The summed E-state index contributed by atoms with van der Waals surface area (Å²) in [6.07, 6.45) is 0. The molecule has 0 aliphatic carbocycles. The number of halogens is 2. The Labute approximate surface area is 213 Å². The molecule has 0 saturated heterocycles. The maximum Gasteiger partial charge on any atom is 0.337 e. The number of amides is 3. The van der Waals surface area contributed by atoms with E-state index in [1.165, 1.54) is 11.6 Å². The number of rotatable bonds is 3. The van der Waals surface area contributed by atoms with Crippen molar-refractivity contribution in [1.82, 2.24) is 15.8 Å². The van der Waals surface area contributed by atoms with E-state index in [0.717, 1.165) is 5.56 Å². The topological polar surface area (TPSA) is 83.1 Å². The van der Waals surface area contributed by atoms with Crippen LogP contribution < -0.4 is 16.2 Å². The second-order valence-corrected chi connectivity index (χ2v) is 9.88. The van der Waals surface area contributed by atoms with Crippen molar-refractivity contribution in [2.75, 3.05) is 5.32 Å². The molecule has 0 saturated carbocycles. The van der Waals surface area contributed by atoms with Gasteiger partial charge in [-0.05, 0) is 41.3 Å². The maximum absolute atomic E-state index is 13.1. The average molecular weight is 507 g/mol. The average Bonchev–Trinajstić information content (AvgIpc) is 2.83. The summed E-state index contributed by atoms with van der Waals surface area (Å²) in [4.78, 5) is 30.1. The van der Waals surface area contributed by atoms with Gasteiger partial charge in [-0.15, -0.1) is 0 Å². The molecular formula is C27H24Cl2N4O2. The molecule has 0 spiro atoms. The van der Waals surface area contributed by atoms with Gasteiger partial charge in [0.25, 0.3) is 5.91 Å². The summed E-state index contributed by atoms with van der Waals surface area (Å²) in [6, 6.07) is 21.3. The molecule has 1 aromatic heterocycles. The minimum absolute atomic E-state index is 0.0317. The van der Waals surface area contributed by atoms with Gasteiger partial charge in [0.1, 0.15) is 0 Å². The number of nitrogens with one attached hydrogen (secondary N) is 3. The van der Waals surface area contributed by atoms with Crippen molar-refractivity contribution in [3.63, 3.8) is 0 Å². The van der Waals surface area contributed by atoms with Gasteiger partial charge in [-0.3, -0.25) is 10.2 Å². The zero-order valence-electron chi connectivity index (χ0n) is 19.4. The number of para-hydroxylation sites is 1. The van der Waals surface area contributed by atoms with Gasteiger partial charge >= 0.3 is 6.03 Å². The first kappa shape index (κ1) is 24.5. The van der Waals surface area contributed by atoms with Crippen LogP contribution >= 0.6 is 23.2 Å². The van der Waals surface area contributed by atoms with Crippen molar-refractivity contribution in [3.05, 3.63) is 94.0 Å². The second kappa shape index (κ2) is 9.94. The minimum atomic E-state index is -0.631. The van der Waals surface area contributed by atoms with Crippen molar-refractivity contribution in [1.29, 1.82) is 0 Å². The van der Waals surface area contributed by atoms with E-state index >= 15 is 0 Å². The Bertz CT molecular complexity index is 1410. The lowest BCUT2D eigenvalue weighted by atomic mass is 9.86. The van der Waals surface area contributed by atoms with Crippen molar-refractivity contribution in [2.24, 2.45) is 0 Å². The number of urea groups is 1. The Kier molecular flexibility index (Phi) is 6.96. The fourth-order valence-electron chi connectivity index (χ4n) is 3.57. The highest BCUT2D eigenvalue weighted by atomic mass is 35.5. The highest BCUT2D eigenvalue weighted by Crippen LogP contribution is 2.28. The number of fused-ring (bicyclic) bond motifs is 1. The lowest BCUT2D eigenvalue weighted by Gasteiger charge is -2.19. The van der Waals surface area contributed by atoms with Crippen molar-refractivity contribution >= 4 is 51.7 Å². The Balaban J connectivity index is 1.56. The maximum atomic E-state index is 13.1. The molecule has 3 N–H and O–H groups in total. The monoisotopic (exact) mass is 506 g/mol. The zero-order chi connectivity index (χ0) is 25.2. The van der Waals surface area contributed by atoms with Crippen molar-refractivity contribution < 1.29 is 9.59 Å².